The summed E-state index contributed by atoms with van der Waals surface area (Å²) in [5.74, 6) is -1.87. The van der Waals surface area contributed by atoms with Crippen molar-refractivity contribution in [3.8, 4) is 0 Å². The first kappa shape index (κ1) is 26.4. The number of carbonyl (C=O) groups is 3. The average molecular weight is 396 g/mol. The van der Waals surface area contributed by atoms with Crippen LogP contribution in [-0.2, 0) is 14.4 Å². The van der Waals surface area contributed by atoms with Gasteiger partial charge in [0.05, 0.1) is 0 Å². The van der Waals surface area contributed by atoms with E-state index in [1.165, 1.54) is 51.4 Å². The highest BCUT2D eigenvalue weighted by Gasteiger charge is 2.12. The molecule has 0 rings (SSSR count). The minimum atomic E-state index is -0.895. The molecule has 0 unspecified atom stereocenters. The first-order valence-electron chi connectivity index (χ1n) is 11.3. The van der Waals surface area contributed by atoms with Crippen LogP contribution in [0.1, 0.15) is 110 Å². The largest absolute Gasteiger partial charge is 0.481 e. The lowest BCUT2D eigenvalue weighted by atomic mass is 10.1. The van der Waals surface area contributed by atoms with Crippen molar-refractivity contribution in [1.29, 1.82) is 0 Å². The van der Waals surface area contributed by atoms with E-state index in [1.807, 2.05) is 0 Å². The molecule has 0 atom stereocenters. The number of hydrogen-bond donors (Lipinski definition) is 2. The molecule has 0 bridgehead atoms. The molecule has 0 aromatic heterocycles. The Kier molecular flexibility index (Phi) is 18.9. The molecule has 0 spiro atoms. The van der Waals surface area contributed by atoms with Gasteiger partial charge < -0.3 is 10.4 Å². The Balaban J connectivity index is 3.37. The molecule has 162 valence electrons. The van der Waals surface area contributed by atoms with Gasteiger partial charge in [-0.05, 0) is 38.5 Å². The van der Waals surface area contributed by atoms with Gasteiger partial charge >= 0.3 is 5.97 Å². The third kappa shape index (κ3) is 19.1. The first-order valence-corrected chi connectivity index (χ1v) is 11.3. The van der Waals surface area contributed by atoms with Crippen LogP contribution in [0.15, 0.2) is 12.2 Å². The number of carboxylic acid groups (broad SMARTS) is 1. The fourth-order valence-corrected chi connectivity index (χ4v) is 3.01. The van der Waals surface area contributed by atoms with E-state index in [2.05, 4.69) is 24.4 Å². The number of carboxylic acids is 1. The van der Waals surface area contributed by atoms with Gasteiger partial charge in [0.2, 0.25) is 5.78 Å². The number of Topliss-reactive ketones (excluding diaryl/α,β-unsaturated/α-hetero) is 1. The summed E-state index contributed by atoms with van der Waals surface area (Å²) in [6.07, 6.45) is 20.8. The van der Waals surface area contributed by atoms with Crippen molar-refractivity contribution in [2.75, 3.05) is 6.54 Å². The highest BCUT2D eigenvalue weighted by molar-refractivity contribution is 6.36. The summed E-state index contributed by atoms with van der Waals surface area (Å²) in [4.78, 5) is 33.6. The number of nitrogens with one attached hydrogen (secondary N) is 1. The predicted octanol–water partition coefficient (Wildman–Crippen LogP) is 5.57. The van der Waals surface area contributed by atoms with Crippen LogP contribution in [0, 0.1) is 0 Å². The van der Waals surface area contributed by atoms with Gasteiger partial charge in [-0.2, -0.15) is 0 Å². The monoisotopic (exact) mass is 395 g/mol. The molecule has 0 heterocycles. The molecular weight excluding hydrogens is 354 g/mol. The van der Waals surface area contributed by atoms with Crippen molar-refractivity contribution in [1.82, 2.24) is 5.32 Å². The molecule has 1 amide bonds. The van der Waals surface area contributed by atoms with Crippen molar-refractivity contribution >= 4 is 17.7 Å². The van der Waals surface area contributed by atoms with Crippen molar-refractivity contribution in [2.24, 2.45) is 0 Å². The van der Waals surface area contributed by atoms with Crippen LogP contribution in [0.3, 0.4) is 0 Å². The first-order chi connectivity index (χ1) is 13.6. The number of carbonyl (C=O) groups excluding carboxylic acids is 2. The SMILES string of the molecule is CCCCCCCCC=CCCCCCCCC(=O)C(=O)NCCCC(=O)O. The Hall–Kier alpha value is -1.65. The normalized spacial score (nSPS) is 11.0. The van der Waals surface area contributed by atoms with Gasteiger partial charge in [-0.3, -0.25) is 14.4 Å². The Morgan fingerprint density at radius 1 is 0.714 bits per heavy atom. The maximum absolute atomic E-state index is 11.7. The van der Waals surface area contributed by atoms with E-state index >= 15 is 0 Å². The Bertz CT molecular complexity index is 446. The summed E-state index contributed by atoms with van der Waals surface area (Å²) in [5.41, 5.74) is 0. The van der Waals surface area contributed by atoms with E-state index in [-0.39, 0.29) is 19.4 Å². The Labute approximate surface area is 171 Å². The van der Waals surface area contributed by atoms with Crippen LogP contribution >= 0.6 is 0 Å². The predicted molar refractivity (Wildman–Crippen MR) is 114 cm³/mol. The van der Waals surface area contributed by atoms with Crippen LogP contribution in [0.2, 0.25) is 0 Å². The summed E-state index contributed by atoms with van der Waals surface area (Å²) in [6, 6.07) is 0. The summed E-state index contributed by atoms with van der Waals surface area (Å²) in [7, 11) is 0. The maximum atomic E-state index is 11.7. The molecule has 0 fully saturated rings. The number of amides is 1. The summed E-state index contributed by atoms with van der Waals surface area (Å²) >= 11 is 0. The van der Waals surface area contributed by atoms with Gasteiger partial charge in [-0.1, -0.05) is 70.4 Å². The smallest absolute Gasteiger partial charge is 0.303 e. The van der Waals surface area contributed by atoms with E-state index in [0.29, 0.717) is 6.42 Å². The molecule has 5 heteroatoms. The lowest BCUT2D eigenvalue weighted by Gasteiger charge is -2.03. The second-order valence-corrected chi connectivity index (χ2v) is 7.51. The topological polar surface area (TPSA) is 83.5 Å². The van der Waals surface area contributed by atoms with Gasteiger partial charge in [-0.25, -0.2) is 0 Å². The van der Waals surface area contributed by atoms with E-state index in [0.717, 1.165) is 32.1 Å². The van der Waals surface area contributed by atoms with Crippen LogP contribution in [0.4, 0.5) is 0 Å². The van der Waals surface area contributed by atoms with E-state index < -0.39 is 17.7 Å². The minimum absolute atomic E-state index is 0.00268. The minimum Gasteiger partial charge on any atom is -0.481 e. The zero-order chi connectivity index (χ0) is 20.9. The van der Waals surface area contributed by atoms with Gasteiger partial charge in [0.25, 0.3) is 5.91 Å². The molecule has 0 aliphatic rings. The van der Waals surface area contributed by atoms with Crippen molar-refractivity contribution in [3.05, 3.63) is 12.2 Å². The van der Waals surface area contributed by atoms with Crippen LogP contribution in [-0.4, -0.2) is 29.3 Å². The molecule has 0 aliphatic heterocycles. The molecule has 0 radical (unpaired) electrons. The second kappa shape index (κ2) is 20.1. The fourth-order valence-electron chi connectivity index (χ4n) is 3.01. The maximum Gasteiger partial charge on any atom is 0.303 e. The molecular formula is C23H41NO4. The van der Waals surface area contributed by atoms with Crippen molar-refractivity contribution in [3.63, 3.8) is 0 Å². The molecule has 5 nitrogen and oxygen atoms in total. The number of unbranched alkanes of at least 4 members (excludes halogenated alkanes) is 11. The molecule has 0 saturated carbocycles. The lowest BCUT2D eigenvalue weighted by molar-refractivity contribution is -0.138. The standard InChI is InChI=1S/C23H41NO4/c1-2-3-4-5-6-7-8-9-10-11-12-13-14-15-16-18-21(25)23(28)24-20-17-19-22(26)27/h9-10H,2-8,11-20H2,1H3,(H,24,28)(H,26,27). The lowest BCUT2D eigenvalue weighted by Crippen LogP contribution is -2.31. The van der Waals surface area contributed by atoms with Crippen LogP contribution < -0.4 is 5.32 Å². The van der Waals surface area contributed by atoms with Crippen LogP contribution in [0.5, 0.6) is 0 Å². The highest BCUT2D eigenvalue weighted by Crippen LogP contribution is 2.10. The summed E-state index contributed by atoms with van der Waals surface area (Å²) < 4.78 is 0. The van der Waals surface area contributed by atoms with Gasteiger partial charge in [0, 0.05) is 19.4 Å². The molecule has 0 aliphatic carbocycles. The molecule has 0 aromatic rings. The number of allylic oxidation sites excluding steroid dienone is 2. The number of hydrogen-bond acceptors (Lipinski definition) is 3. The van der Waals surface area contributed by atoms with Crippen molar-refractivity contribution < 1.29 is 19.5 Å². The van der Waals surface area contributed by atoms with E-state index in [9.17, 15) is 14.4 Å². The van der Waals surface area contributed by atoms with Gasteiger partial charge in [0.15, 0.2) is 0 Å². The number of ketones is 1. The second-order valence-electron chi connectivity index (χ2n) is 7.51. The van der Waals surface area contributed by atoms with E-state index in [1.54, 1.807) is 0 Å². The Morgan fingerprint density at radius 3 is 1.82 bits per heavy atom. The number of rotatable bonds is 20. The average Bonchev–Trinajstić information content (AvgIpc) is 2.67. The van der Waals surface area contributed by atoms with Gasteiger partial charge in [-0.15, -0.1) is 0 Å². The zero-order valence-electron chi connectivity index (χ0n) is 17.8. The summed E-state index contributed by atoms with van der Waals surface area (Å²) in [5, 5.41) is 11.0. The Morgan fingerprint density at radius 2 is 1.25 bits per heavy atom. The molecule has 0 saturated heterocycles. The summed E-state index contributed by atoms with van der Waals surface area (Å²) in [6.45, 7) is 2.49. The van der Waals surface area contributed by atoms with Gasteiger partial charge in [0.1, 0.15) is 0 Å². The molecule has 28 heavy (non-hydrogen) atoms. The fraction of sp³-hybridized carbons (Fsp3) is 0.783. The molecule has 2 N–H and O–H groups in total. The quantitative estimate of drug-likeness (QED) is 0.160. The van der Waals surface area contributed by atoms with Crippen molar-refractivity contribution in [2.45, 2.75) is 110 Å². The molecule has 0 aromatic carbocycles. The highest BCUT2D eigenvalue weighted by atomic mass is 16.4. The van der Waals surface area contributed by atoms with Crippen LogP contribution in [0.25, 0.3) is 0 Å². The third-order valence-corrected chi connectivity index (χ3v) is 4.77. The van der Waals surface area contributed by atoms with E-state index in [4.69, 9.17) is 5.11 Å². The zero-order valence-corrected chi connectivity index (χ0v) is 17.8. The number of aliphatic carboxylic acids is 1. The third-order valence-electron chi connectivity index (χ3n) is 4.77.